The largest absolute Gasteiger partial charge is 0.462 e. The third-order valence-corrected chi connectivity index (χ3v) is 3.73. The molecule has 0 bridgehead atoms. The van der Waals surface area contributed by atoms with Crippen molar-refractivity contribution in [3.63, 3.8) is 0 Å². The van der Waals surface area contributed by atoms with E-state index in [-0.39, 0.29) is 5.97 Å². The van der Waals surface area contributed by atoms with Crippen LogP contribution in [0.5, 0.6) is 0 Å². The Morgan fingerprint density at radius 1 is 1.05 bits per heavy atom. The summed E-state index contributed by atoms with van der Waals surface area (Å²) in [5, 5.41) is 0. The molecule has 21 heavy (non-hydrogen) atoms. The first-order valence-electron chi connectivity index (χ1n) is 7.48. The van der Waals surface area contributed by atoms with Gasteiger partial charge in [0.05, 0.1) is 18.6 Å². The molecule has 2 aromatic carbocycles. The number of benzene rings is 2. The van der Waals surface area contributed by atoms with Crippen molar-refractivity contribution in [3.8, 4) is 11.1 Å². The van der Waals surface area contributed by atoms with Gasteiger partial charge in [0.1, 0.15) is 0 Å². The maximum Gasteiger partial charge on any atom is 0.338 e. The summed E-state index contributed by atoms with van der Waals surface area (Å²) in [5.41, 5.74) is 4.67. The first kappa shape index (κ1) is 13.9. The normalized spacial score (nSPS) is 11.9. The summed E-state index contributed by atoms with van der Waals surface area (Å²) in [6.07, 6.45) is 6.47. The minimum Gasteiger partial charge on any atom is -0.462 e. The first-order valence-corrected chi connectivity index (χ1v) is 7.48. The zero-order chi connectivity index (χ0) is 14.7. The van der Waals surface area contributed by atoms with E-state index in [1.807, 2.05) is 42.5 Å². The Kier molecular flexibility index (Phi) is 4.05. The van der Waals surface area contributed by atoms with Crippen LogP contribution in [0, 0.1) is 6.42 Å². The average molecular weight is 278 g/mol. The van der Waals surface area contributed by atoms with E-state index in [1.165, 1.54) is 0 Å². The van der Waals surface area contributed by atoms with E-state index in [4.69, 9.17) is 4.74 Å². The van der Waals surface area contributed by atoms with E-state index in [1.54, 1.807) is 0 Å². The van der Waals surface area contributed by atoms with E-state index in [9.17, 15) is 4.79 Å². The molecule has 106 valence electrons. The Bertz CT molecular complexity index is 658. The Morgan fingerprint density at radius 2 is 1.86 bits per heavy atom. The highest BCUT2D eigenvalue weighted by molar-refractivity contribution is 6.01. The zero-order valence-corrected chi connectivity index (χ0v) is 12.2. The number of rotatable bonds is 5. The van der Waals surface area contributed by atoms with Gasteiger partial charge in [-0.05, 0) is 29.2 Å². The van der Waals surface area contributed by atoms with Crippen molar-refractivity contribution in [1.82, 2.24) is 0 Å². The van der Waals surface area contributed by atoms with Crippen LogP contribution < -0.4 is 0 Å². The minimum absolute atomic E-state index is 0.235. The molecule has 0 atom stereocenters. The Labute approximate surface area is 125 Å². The predicted molar refractivity (Wildman–Crippen MR) is 83.1 cm³/mol. The number of carbonyl (C=O) groups is 1. The molecule has 0 aromatic heterocycles. The highest BCUT2D eigenvalue weighted by atomic mass is 16.5. The maximum absolute atomic E-state index is 12.3. The van der Waals surface area contributed by atoms with E-state index < -0.39 is 0 Å². The molecule has 0 amide bonds. The van der Waals surface area contributed by atoms with Crippen LogP contribution in [0.2, 0.25) is 0 Å². The van der Waals surface area contributed by atoms with Crippen molar-refractivity contribution < 1.29 is 9.53 Å². The maximum atomic E-state index is 12.3. The lowest BCUT2D eigenvalue weighted by atomic mass is 9.99. The van der Waals surface area contributed by atoms with Crippen molar-refractivity contribution in [2.24, 2.45) is 0 Å². The SMILES string of the molecule is CCCCCOC(=O)c1cccc2c1-c1ccccc1[C]2. The van der Waals surface area contributed by atoms with Crippen molar-refractivity contribution in [2.45, 2.75) is 26.2 Å². The van der Waals surface area contributed by atoms with Gasteiger partial charge in [-0.3, -0.25) is 0 Å². The van der Waals surface area contributed by atoms with Crippen molar-refractivity contribution >= 4 is 5.97 Å². The smallest absolute Gasteiger partial charge is 0.338 e. The number of esters is 1. The zero-order valence-electron chi connectivity index (χ0n) is 12.2. The van der Waals surface area contributed by atoms with Gasteiger partial charge in [0.25, 0.3) is 0 Å². The second-order valence-corrected chi connectivity index (χ2v) is 5.24. The van der Waals surface area contributed by atoms with Gasteiger partial charge >= 0.3 is 5.97 Å². The average Bonchev–Trinajstić information content (AvgIpc) is 2.90. The minimum atomic E-state index is -0.235. The van der Waals surface area contributed by atoms with Crippen LogP contribution in [0.1, 0.15) is 47.7 Å². The van der Waals surface area contributed by atoms with Crippen molar-refractivity contribution in [2.75, 3.05) is 6.61 Å². The quantitative estimate of drug-likeness (QED) is 0.507. The number of fused-ring (bicyclic) bond motifs is 3. The second-order valence-electron chi connectivity index (χ2n) is 5.24. The summed E-state index contributed by atoms with van der Waals surface area (Å²) in [5.74, 6) is -0.235. The first-order chi connectivity index (χ1) is 10.3. The summed E-state index contributed by atoms with van der Waals surface area (Å²) in [6, 6.07) is 13.7. The van der Waals surface area contributed by atoms with Crippen LogP contribution in [0.15, 0.2) is 42.5 Å². The summed E-state index contributed by atoms with van der Waals surface area (Å²) in [4.78, 5) is 12.3. The van der Waals surface area contributed by atoms with Crippen molar-refractivity contribution in [3.05, 3.63) is 65.6 Å². The van der Waals surface area contributed by atoms with Crippen LogP contribution in [0.25, 0.3) is 11.1 Å². The molecule has 2 nitrogen and oxygen atoms in total. The van der Waals surface area contributed by atoms with Crippen molar-refractivity contribution in [1.29, 1.82) is 0 Å². The summed E-state index contributed by atoms with van der Waals surface area (Å²) < 4.78 is 5.40. The Balaban J connectivity index is 1.86. The van der Waals surface area contributed by atoms with Gasteiger partial charge in [-0.15, -0.1) is 0 Å². The van der Waals surface area contributed by atoms with Crippen LogP contribution in [-0.2, 0) is 4.74 Å². The van der Waals surface area contributed by atoms with E-state index >= 15 is 0 Å². The number of carbonyl (C=O) groups excluding carboxylic acids is 1. The molecule has 2 radical (unpaired) electrons. The molecule has 1 aliphatic carbocycles. The Morgan fingerprint density at radius 3 is 2.71 bits per heavy atom. The van der Waals surface area contributed by atoms with E-state index in [0.717, 1.165) is 41.5 Å². The molecule has 0 fully saturated rings. The highest BCUT2D eigenvalue weighted by Crippen LogP contribution is 2.40. The molecule has 0 saturated heterocycles. The fourth-order valence-electron chi connectivity index (χ4n) is 2.67. The molecule has 2 heteroatoms. The molecule has 3 rings (SSSR count). The topological polar surface area (TPSA) is 26.3 Å². The van der Waals surface area contributed by atoms with Crippen LogP contribution >= 0.6 is 0 Å². The van der Waals surface area contributed by atoms with Crippen LogP contribution in [0.4, 0.5) is 0 Å². The molecular weight excluding hydrogens is 260 g/mol. The molecule has 1 aliphatic rings. The molecule has 2 aromatic rings. The van der Waals surface area contributed by atoms with Gasteiger partial charge in [0.15, 0.2) is 0 Å². The third-order valence-electron chi connectivity index (χ3n) is 3.73. The van der Waals surface area contributed by atoms with Gasteiger partial charge in [-0.1, -0.05) is 56.2 Å². The molecule has 0 heterocycles. The summed E-state index contributed by atoms with van der Waals surface area (Å²) >= 11 is 0. The lowest BCUT2D eigenvalue weighted by Crippen LogP contribution is -2.08. The highest BCUT2D eigenvalue weighted by Gasteiger charge is 2.24. The molecule has 0 saturated carbocycles. The third kappa shape index (κ3) is 2.71. The summed E-state index contributed by atoms with van der Waals surface area (Å²) in [7, 11) is 0. The number of hydrogen-bond donors (Lipinski definition) is 0. The van der Waals surface area contributed by atoms with Gasteiger partial charge in [-0.25, -0.2) is 4.79 Å². The van der Waals surface area contributed by atoms with Crippen LogP contribution in [-0.4, -0.2) is 12.6 Å². The lowest BCUT2D eigenvalue weighted by molar-refractivity contribution is 0.0499. The summed E-state index contributed by atoms with van der Waals surface area (Å²) in [6.45, 7) is 2.62. The van der Waals surface area contributed by atoms with Gasteiger partial charge in [0, 0.05) is 5.56 Å². The molecule has 0 spiro atoms. The lowest BCUT2D eigenvalue weighted by Gasteiger charge is -2.09. The number of ether oxygens (including phenoxy) is 1. The number of unbranched alkanes of at least 4 members (excludes halogenated alkanes) is 2. The second kappa shape index (κ2) is 6.13. The fourth-order valence-corrected chi connectivity index (χ4v) is 2.67. The number of hydrogen-bond acceptors (Lipinski definition) is 2. The van der Waals surface area contributed by atoms with Gasteiger partial charge < -0.3 is 4.74 Å². The molecule has 0 N–H and O–H groups in total. The van der Waals surface area contributed by atoms with Crippen LogP contribution in [0.3, 0.4) is 0 Å². The Hall–Kier alpha value is -2.09. The van der Waals surface area contributed by atoms with E-state index in [2.05, 4.69) is 13.3 Å². The molecule has 0 aliphatic heterocycles. The van der Waals surface area contributed by atoms with E-state index in [0.29, 0.717) is 12.2 Å². The van der Waals surface area contributed by atoms with Gasteiger partial charge in [0.2, 0.25) is 0 Å². The molecule has 0 unspecified atom stereocenters. The van der Waals surface area contributed by atoms with Gasteiger partial charge in [-0.2, -0.15) is 0 Å². The molecular formula is C19H18O2. The fraction of sp³-hybridized carbons (Fsp3) is 0.263. The standard InChI is InChI=1S/C19H18O2/c1-2-3-6-12-21-19(20)17-11-7-9-15-13-14-8-4-5-10-16(14)18(15)17/h4-5,7-11H,2-3,6,12H2,1H3. The monoisotopic (exact) mass is 278 g/mol. The predicted octanol–water partition coefficient (Wildman–Crippen LogP) is 4.49.